The number of nitrogens with two attached hydrogens (primary N) is 1. The topological polar surface area (TPSA) is 134 Å². The van der Waals surface area contributed by atoms with Crippen LogP contribution in [0.25, 0.3) is 22.3 Å². The number of carbonyl (C=O) groups excluding carboxylic acids is 1. The third kappa shape index (κ3) is 6.53. The van der Waals surface area contributed by atoms with E-state index in [1.807, 2.05) is 74.5 Å². The summed E-state index contributed by atoms with van der Waals surface area (Å²) in [5.74, 6) is 2.11. The van der Waals surface area contributed by atoms with Crippen LogP contribution in [0.1, 0.15) is 33.1 Å². The molecule has 0 aliphatic carbocycles. The number of nitrogens with one attached hydrogen (secondary N) is 1. The molecule has 1 amide bonds. The number of likely N-dealkylation sites (tertiary alicyclic amines) is 1. The zero-order valence-corrected chi connectivity index (χ0v) is 21.6. The summed E-state index contributed by atoms with van der Waals surface area (Å²) in [5, 5.41) is 16.8. The van der Waals surface area contributed by atoms with E-state index in [1.54, 1.807) is 11.0 Å². The maximum Gasteiger partial charge on any atom is 0.264 e. The van der Waals surface area contributed by atoms with Gasteiger partial charge in [-0.1, -0.05) is 38.1 Å². The average molecular weight is 510 g/mol. The number of nitrogen functional groups attached to an aromatic ring is 1. The Hall–Kier alpha value is -4.71. The molecule has 9 nitrogen and oxygen atoms in total. The first-order chi connectivity index (χ1) is 18.5. The highest BCUT2D eigenvalue weighted by molar-refractivity contribution is 5.98. The standard InChI is InChI=1S/C17H13N5O.C12H18N2O/c18-16-14-15(21-22-17(14)20-10-19-16)11-6-8-13(9-7-11)23-12-4-2-1-3-5-12;1-10(2)8-11(9-13)12(15)14-6-4-3-5-7-14/h1-10H,(H3,18,19,20,21,22);8,10H,3-7H2,1-2H3/b;11-8+. The van der Waals surface area contributed by atoms with Crippen LogP contribution in [0.3, 0.4) is 0 Å². The van der Waals surface area contributed by atoms with Crippen LogP contribution in [0.4, 0.5) is 5.82 Å². The number of nitrogens with zero attached hydrogens (tertiary/aromatic N) is 5. The minimum Gasteiger partial charge on any atom is -0.457 e. The molecule has 1 aliphatic rings. The summed E-state index contributed by atoms with van der Waals surface area (Å²) >= 11 is 0. The lowest BCUT2D eigenvalue weighted by atomic mass is 10.1. The quantitative estimate of drug-likeness (QED) is 0.268. The molecule has 194 valence electrons. The minimum atomic E-state index is -0.0918. The lowest BCUT2D eigenvalue weighted by Gasteiger charge is -2.26. The van der Waals surface area contributed by atoms with Crippen molar-refractivity contribution in [3.05, 3.63) is 72.6 Å². The summed E-state index contributed by atoms with van der Waals surface area (Å²) in [6.07, 6.45) is 6.47. The van der Waals surface area contributed by atoms with Gasteiger partial charge in [-0.3, -0.25) is 9.89 Å². The number of allylic oxidation sites excluding steroid dienone is 1. The molecule has 38 heavy (non-hydrogen) atoms. The molecule has 1 fully saturated rings. The predicted molar refractivity (Wildman–Crippen MR) is 147 cm³/mol. The van der Waals surface area contributed by atoms with Crippen LogP contribution in [-0.4, -0.2) is 44.1 Å². The second kappa shape index (κ2) is 12.5. The fourth-order valence-corrected chi connectivity index (χ4v) is 4.16. The van der Waals surface area contributed by atoms with Gasteiger partial charge in [0, 0.05) is 18.7 Å². The first kappa shape index (κ1) is 26.4. The van der Waals surface area contributed by atoms with E-state index in [0.717, 1.165) is 54.1 Å². The third-order valence-electron chi connectivity index (χ3n) is 6.00. The summed E-state index contributed by atoms with van der Waals surface area (Å²) in [6.45, 7) is 5.55. The smallest absolute Gasteiger partial charge is 0.264 e. The molecule has 0 atom stereocenters. The number of amides is 1. The van der Waals surface area contributed by atoms with Gasteiger partial charge in [0.25, 0.3) is 5.91 Å². The summed E-state index contributed by atoms with van der Waals surface area (Å²) in [4.78, 5) is 21.8. The molecule has 0 bridgehead atoms. The van der Waals surface area contributed by atoms with Crippen molar-refractivity contribution in [3.63, 3.8) is 0 Å². The number of hydrogen-bond donors (Lipinski definition) is 2. The highest BCUT2D eigenvalue weighted by atomic mass is 16.5. The molecule has 3 N–H and O–H groups in total. The molecule has 2 aromatic heterocycles. The number of aromatic nitrogens is 4. The molecule has 0 unspecified atom stereocenters. The van der Waals surface area contributed by atoms with Gasteiger partial charge < -0.3 is 15.4 Å². The van der Waals surface area contributed by atoms with Gasteiger partial charge in [0.2, 0.25) is 0 Å². The van der Waals surface area contributed by atoms with Gasteiger partial charge in [0.15, 0.2) is 5.65 Å². The molecule has 5 rings (SSSR count). The Labute approximate surface area is 222 Å². The highest BCUT2D eigenvalue weighted by Crippen LogP contribution is 2.30. The average Bonchev–Trinajstić information content (AvgIpc) is 3.39. The maximum absolute atomic E-state index is 11.9. The van der Waals surface area contributed by atoms with Gasteiger partial charge in [0.1, 0.15) is 35.3 Å². The first-order valence-electron chi connectivity index (χ1n) is 12.7. The SMILES string of the molecule is CC(C)/C=C(\C#N)C(=O)N1CCCCC1.Nc1ncnc2n[nH]c(-c3ccc(Oc4ccccc4)cc3)c12. The Bertz CT molecular complexity index is 1430. The van der Waals surface area contributed by atoms with Crippen LogP contribution in [0, 0.1) is 17.2 Å². The molecular formula is C29H31N7O2. The Balaban J connectivity index is 0.000000196. The number of rotatable bonds is 5. The van der Waals surface area contributed by atoms with Crippen LogP contribution in [0.15, 0.2) is 72.6 Å². The van der Waals surface area contributed by atoms with Crippen LogP contribution in [-0.2, 0) is 4.79 Å². The molecule has 4 aromatic rings. The second-order valence-corrected chi connectivity index (χ2v) is 9.28. The number of piperidine rings is 1. The van der Waals surface area contributed by atoms with Crippen LogP contribution < -0.4 is 10.5 Å². The summed E-state index contributed by atoms with van der Waals surface area (Å²) in [7, 11) is 0. The van der Waals surface area contributed by atoms with E-state index in [2.05, 4.69) is 20.2 Å². The molecule has 0 radical (unpaired) electrons. The molecule has 2 aromatic carbocycles. The van der Waals surface area contributed by atoms with E-state index in [9.17, 15) is 4.79 Å². The van der Waals surface area contributed by atoms with E-state index in [-0.39, 0.29) is 11.8 Å². The van der Waals surface area contributed by atoms with Gasteiger partial charge in [-0.25, -0.2) is 9.97 Å². The minimum absolute atomic E-state index is 0.0918. The van der Waals surface area contributed by atoms with Crippen molar-refractivity contribution in [1.29, 1.82) is 5.26 Å². The van der Waals surface area contributed by atoms with Crippen LogP contribution >= 0.6 is 0 Å². The van der Waals surface area contributed by atoms with Crippen molar-refractivity contribution < 1.29 is 9.53 Å². The van der Waals surface area contributed by atoms with Crippen LogP contribution in [0.2, 0.25) is 0 Å². The van der Waals surface area contributed by atoms with Crippen LogP contribution in [0.5, 0.6) is 11.5 Å². The molecule has 0 saturated carbocycles. The fourth-order valence-electron chi connectivity index (χ4n) is 4.16. The molecule has 9 heteroatoms. The number of H-pyrrole nitrogens is 1. The Kier molecular flexibility index (Phi) is 8.67. The van der Waals surface area contributed by atoms with E-state index in [0.29, 0.717) is 17.0 Å². The normalized spacial score (nSPS) is 13.5. The van der Waals surface area contributed by atoms with Crippen molar-refractivity contribution in [2.45, 2.75) is 33.1 Å². The number of benzene rings is 2. The summed E-state index contributed by atoms with van der Waals surface area (Å²) < 4.78 is 5.79. The van der Waals surface area contributed by atoms with Gasteiger partial charge >= 0.3 is 0 Å². The lowest BCUT2D eigenvalue weighted by Crippen LogP contribution is -2.36. The molecule has 0 spiro atoms. The Morgan fingerprint density at radius 1 is 1.05 bits per heavy atom. The van der Waals surface area contributed by atoms with Crippen molar-refractivity contribution in [2.24, 2.45) is 5.92 Å². The molecular weight excluding hydrogens is 478 g/mol. The number of para-hydroxylation sites is 1. The number of ether oxygens (including phenoxy) is 1. The number of carbonyl (C=O) groups is 1. The van der Waals surface area contributed by atoms with E-state index < -0.39 is 0 Å². The molecule has 3 heterocycles. The van der Waals surface area contributed by atoms with E-state index >= 15 is 0 Å². The maximum atomic E-state index is 11.9. The molecule has 1 saturated heterocycles. The first-order valence-corrected chi connectivity index (χ1v) is 12.7. The lowest BCUT2D eigenvalue weighted by molar-refractivity contribution is -0.127. The van der Waals surface area contributed by atoms with Crippen molar-refractivity contribution in [2.75, 3.05) is 18.8 Å². The summed E-state index contributed by atoms with van der Waals surface area (Å²) in [6, 6.07) is 19.3. The number of aromatic amines is 1. The third-order valence-corrected chi connectivity index (χ3v) is 6.00. The highest BCUT2D eigenvalue weighted by Gasteiger charge is 2.20. The zero-order chi connectivity index (χ0) is 26.9. The zero-order valence-electron chi connectivity index (χ0n) is 21.6. The Morgan fingerprint density at radius 3 is 2.39 bits per heavy atom. The Morgan fingerprint density at radius 2 is 1.74 bits per heavy atom. The van der Waals surface area contributed by atoms with Crippen molar-refractivity contribution >= 4 is 22.8 Å². The van der Waals surface area contributed by atoms with Gasteiger partial charge in [-0.15, -0.1) is 0 Å². The summed E-state index contributed by atoms with van der Waals surface area (Å²) in [5.41, 5.74) is 8.52. The molecule has 1 aliphatic heterocycles. The van der Waals surface area contributed by atoms with E-state index in [4.69, 9.17) is 15.7 Å². The second-order valence-electron chi connectivity index (χ2n) is 9.28. The number of nitriles is 1. The number of anilines is 1. The van der Waals surface area contributed by atoms with Gasteiger partial charge in [0.05, 0.1) is 11.1 Å². The monoisotopic (exact) mass is 509 g/mol. The van der Waals surface area contributed by atoms with E-state index in [1.165, 1.54) is 12.7 Å². The number of fused-ring (bicyclic) bond motifs is 1. The van der Waals surface area contributed by atoms with Gasteiger partial charge in [-0.05, 0) is 61.6 Å². The largest absolute Gasteiger partial charge is 0.457 e. The van der Waals surface area contributed by atoms with Gasteiger partial charge in [-0.2, -0.15) is 10.4 Å². The van der Waals surface area contributed by atoms with Crippen molar-refractivity contribution in [3.8, 4) is 28.8 Å². The predicted octanol–water partition coefficient (Wildman–Crippen LogP) is 5.50. The number of hydrogen-bond acceptors (Lipinski definition) is 7. The fraction of sp³-hybridized carbons (Fsp3) is 0.276. The van der Waals surface area contributed by atoms with Crippen molar-refractivity contribution in [1.82, 2.24) is 25.1 Å².